The van der Waals surface area contributed by atoms with Crippen LogP contribution in [0.25, 0.3) is 44.5 Å². The van der Waals surface area contributed by atoms with E-state index >= 15 is 0 Å². The predicted octanol–water partition coefficient (Wildman–Crippen LogP) is 11.3. The lowest BCUT2D eigenvalue weighted by molar-refractivity contribution is 0.111. The summed E-state index contributed by atoms with van der Waals surface area (Å²) in [5, 5.41) is 0. The highest BCUT2D eigenvalue weighted by Crippen LogP contribution is 2.50. The maximum absolute atomic E-state index is 11.6. The number of benzene rings is 5. The number of hydrogen-bond donors (Lipinski definition) is 0. The Bertz CT molecular complexity index is 1930. The summed E-state index contributed by atoms with van der Waals surface area (Å²) in [6.07, 6.45) is 9.62. The van der Waals surface area contributed by atoms with Gasteiger partial charge in [-0.2, -0.15) is 0 Å². The summed E-state index contributed by atoms with van der Waals surface area (Å²) in [4.78, 5) is 23.2. The van der Waals surface area contributed by atoms with Crippen molar-refractivity contribution in [3.8, 4) is 56.0 Å². The van der Waals surface area contributed by atoms with Gasteiger partial charge in [0.15, 0.2) is 12.6 Å². The zero-order valence-corrected chi connectivity index (χ0v) is 30.3. The van der Waals surface area contributed by atoms with E-state index < -0.39 is 0 Å². The molecule has 0 spiro atoms. The highest BCUT2D eigenvalue weighted by molar-refractivity contribution is 9.11. The predicted molar refractivity (Wildman–Crippen MR) is 201 cm³/mol. The minimum atomic E-state index is 0.766. The Morgan fingerprint density at radius 3 is 1.33 bits per heavy atom. The number of carbonyl (C=O) groups excluding carboxylic acids is 2. The molecule has 0 unspecified atom stereocenters. The van der Waals surface area contributed by atoms with E-state index in [1.165, 1.54) is 44.5 Å². The molecule has 6 heteroatoms. The molecule has 0 bridgehead atoms. The first-order chi connectivity index (χ1) is 23.5. The average molecular weight is 765 g/mol. The molecule has 2 aliphatic carbocycles. The van der Waals surface area contributed by atoms with Gasteiger partial charge >= 0.3 is 0 Å². The lowest BCUT2D eigenvalue weighted by Gasteiger charge is -2.26. The van der Waals surface area contributed by atoms with Gasteiger partial charge in [-0.25, -0.2) is 0 Å². The zero-order chi connectivity index (χ0) is 33.4. The fourth-order valence-corrected chi connectivity index (χ4v) is 9.07. The Hall–Kier alpha value is -4.00. The van der Waals surface area contributed by atoms with Crippen LogP contribution in [0, 0.1) is 0 Å². The van der Waals surface area contributed by atoms with Crippen molar-refractivity contribution >= 4 is 44.4 Å². The van der Waals surface area contributed by atoms with Crippen LogP contribution in [0.1, 0.15) is 68.7 Å². The van der Waals surface area contributed by atoms with Gasteiger partial charge in [-0.3, -0.25) is 9.59 Å². The third-order valence-corrected chi connectivity index (χ3v) is 11.6. The first-order valence-electron chi connectivity index (χ1n) is 16.5. The van der Waals surface area contributed by atoms with Crippen LogP contribution in [-0.4, -0.2) is 26.8 Å². The summed E-state index contributed by atoms with van der Waals surface area (Å²) in [7, 11) is 3.47. The van der Waals surface area contributed by atoms with Crippen LogP contribution in [0.5, 0.6) is 11.5 Å². The molecule has 0 fully saturated rings. The second-order valence-electron chi connectivity index (χ2n) is 12.6. The van der Waals surface area contributed by atoms with Crippen LogP contribution >= 0.6 is 31.9 Å². The molecular formula is C42H36Br2O4. The van der Waals surface area contributed by atoms with Gasteiger partial charge in [0.1, 0.15) is 11.5 Å². The van der Waals surface area contributed by atoms with E-state index in [0.29, 0.717) is 0 Å². The fraction of sp³-hybridized carbons (Fsp3) is 0.238. The van der Waals surface area contributed by atoms with Gasteiger partial charge in [-0.1, -0.05) is 72.8 Å². The van der Waals surface area contributed by atoms with Gasteiger partial charge in [-0.05, 0) is 128 Å². The average Bonchev–Trinajstić information content (AvgIpc) is 3.10. The largest absolute Gasteiger partial charge is 0.495 e. The maximum atomic E-state index is 11.6. The van der Waals surface area contributed by atoms with Gasteiger partial charge in [0, 0.05) is 33.4 Å². The summed E-state index contributed by atoms with van der Waals surface area (Å²) in [5.74, 6) is 1.73. The number of hydrogen-bond acceptors (Lipinski definition) is 4. The van der Waals surface area contributed by atoms with Crippen molar-refractivity contribution < 1.29 is 19.1 Å². The highest BCUT2D eigenvalue weighted by atomic mass is 79.9. The number of aryl methyl sites for hydroxylation is 2. The van der Waals surface area contributed by atoms with Crippen LogP contribution in [0.3, 0.4) is 0 Å². The van der Waals surface area contributed by atoms with Crippen molar-refractivity contribution in [3.05, 3.63) is 115 Å². The van der Waals surface area contributed by atoms with Crippen LogP contribution in [0.2, 0.25) is 0 Å². The van der Waals surface area contributed by atoms with E-state index in [4.69, 9.17) is 9.47 Å². The molecule has 0 saturated carbocycles. The molecule has 4 nitrogen and oxygen atoms in total. The number of halogens is 2. The number of unbranched alkanes of at least 4 members (excludes halogenated alkanes) is 2. The highest BCUT2D eigenvalue weighted by Gasteiger charge is 2.27. The Morgan fingerprint density at radius 1 is 0.521 bits per heavy atom. The van der Waals surface area contributed by atoms with Crippen molar-refractivity contribution in [2.45, 2.75) is 51.4 Å². The number of carbonyl (C=O) groups is 2. The lowest BCUT2D eigenvalue weighted by atomic mass is 9.77. The van der Waals surface area contributed by atoms with E-state index in [0.717, 1.165) is 118 Å². The topological polar surface area (TPSA) is 52.6 Å². The van der Waals surface area contributed by atoms with Gasteiger partial charge in [0.2, 0.25) is 0 Å². The van der Waals surface area contributed by atoms with E-state index in [2.05, 4.69) is 80.4 Å². The first-order valence-corrected chi connectivity index (χ1v) is 18.1. The summed E-state index contributed by atoms with van der Waals surface area (Å²) >= 11 is 7.76. The molecule has 0 N–H and O–H groups in total. The first kappa shape index (κ1) is 32.5. The van der Waals surface area contributed by atoms with Gasteiger partial charge in [0.05, 0.1) is 23.2 Å². The summed E-state index contributed by atoms with van der Waals surface area (Å²) < 4.78 is 13.9. The molecule has 0 saturated heterocycles. The zero-order valence-electron chi connectivity index (χ0n) is 27.1. The molecule has 2 aliphatic rings. The quantitative estimate of drug-likeness (QED) is 0.0817. The van der Waals surface area contributed by atoms with Crippen molar-refractivity contribution in [1.29, 1.82) is 0 Å². The molecular weight excluding hydrogens is 728 g/mol. The molecule has 5 aromatic carbocycles. The Balaban J connectivity index is 0.976. The second-order valence-corrected chi connectivity index (χ2v) is 14.2. The minimum Gasteiger partial charge on any atom is -0.495 e. The van der Waals surface area contributed by atoms with E-state index in [9.17, 15) is 9.59 Å². The van der Waals surface area contributed by atoms with E-state index in [-0.39, 0.29) is 0 Å². The molecule has 0 amide bonds. The fourth-order valence-electron chi connectivity index (χ4n) is 7.51. The Morgan fingerprint density at radius 2 is 0.938 bits per heavy atom. The molecule has 7 rings (SSSR count). The SMILES string of the molecule is COc1c(Br)c(CCCCc2ccc3c(c2)-c2c(C=O)cccc2-3)c(OC)c(Br)c1CCCCc1ccc2c(c1)-c1c(C=O)cccc1-2. The minimum absolute atomic E-state index is 0.766. The van der Waals surface area contributed by atoms with E-state index in [1.54, 1.807) is 14.2 Å². The molecule has 5 aromatic rings. The number of methoxy groups -OCH3 is 2. The monoisotopic (exact) mass is 762 g/mol. The van der Waals surface area contributed by atoms with Crippen molar-refractivity contribution in [2.75, 3.05) is 14.2 Å². The number of aldehydes is 2. The van der Waals surface area contributed by atoms with Crippen molar-refractivity contribution in [1.82, 2.24) is 0 Å². The van der Waals surface area contributed by atoms with Crippen LogP contribution in [-0.2, 0) is 25.7 Å². The summed E-state index contributed by atoms with van der Waals surface area (Å²) in [6, 6.07) is 25.2. The number of rotatable bonds is 14. The molecule has 0 atom stereocenters. The molecule has 0 radical (unpaired) electrons. The number of ether oxygens (including phenoxy) is 2. The lowest BCUT2D eigenvalue weighted by Crippen LogP contribution is -2.05. The third kappa shape index (κ3) is 5.63. The molecule has 0 heterocycles. The maximum Gasteiger partial charge on any atom is 0.150 e. The summed E-state index contributed by atoms with van der Waals surface area (Å²) in [5.41, 5.74) is 15.7. The molecule has 0 aliphatic heterocycles. The standard InChI is InChI=1S/C42H36Br2O4/c1-47-41-33(13-5-3-9-25-17-19-29-31-15-7-11-27(23-45)37(31)35(29)21-25)40(44)42(48-2)34(39(41)43)14-6-4-10-26-18-20-30-32-16-8-12-28(24-46)38(32)36(30)22-26/h7-8,11-12,15-24H,3-6,9-10,13-14H2,1-2H3. The normalized spacial score (nSPS) is 11.8. The molecule has 0 aromatic heterocycles. The van der Waals surface area contributed by atoms with Gasteiger partial charge in [0.25, 0.3) is 0 Å². The third-order valence-electron chi connectivity index (χ3n) is 9.90. The van der Waals surface area contributed by atoms with Crippen molar-refractivity contribution in [3.63, 3.8) is 0 Å². The van der Waals surface area contributed by atoms with E-state index in [1.807, 2.05) is 24.3 Å². The van der Waals surface area contributed by atoms with Crippen LogP contribution in [0.4, 0.5) is 0 Å². The molecule has 48 heavy (non-hydrogen) atoms. The summed E-state index contributed by atoms with van der Waals surface area (Å²) in [6.45, 7) is 0. The van der Waals surface area contributed by atoms with Gasteiger partial charge < -0.3 is 9.47 Å². The smallest absolute Gasteiger partial charge is 0.150 e. The Labute approximate surface area is 298 Å². The van der Waals surface area contributed by atoms with Crippen LogP contribution in [0.15, 0.2) is 81.7 Å². The molecule has 242 valence electrons. The van der Waals surface area contributed by atoms with Gasteiger partial charge in [-0.15, -0.1) is 0 Å². The van der Waals surface area contributed by atoms with Crippen molar-refractivity contribution in [2.24, 2.45) is 0 Å². The number of fused-ring (bicyclic) bond motifs is 8. The Kier molecular flexibility index (Phi) is 9.39. The van der Waals surface area contributed by atoms with Crippen LogP contribution < -0.4 is 9.47 Å². The second kappa shape index (κ2) is 13.9.